The van der Waals surface area contributed by atoms with Crippen LogP contribution in [0.15, 0.2) is 5.38 Å². The lowest BCUT2D eigenvalue weighted by Gasteiger charge is -2.14. The van der Waals surface area contributed by atoms with E-state index in [2.05, 4.69) is 26.2 Å². The largest absolute Gasteiger partial charge is 0.327 e. The van der Waals surface area contributed by atoms with E-state index >= 15 is 0 Å². The summed E-state index contributed by atoms with van der Waals surface area (Å²) in [7, 11) is 0. The minimum atomic E-state index is 0.174. The maximum atomic E-state index is 6.10. The minimum absolute atomic E-state index is 0.174. The van der Waals surface area contributed by atoms with E-state index in [0.717, 1.165) is 18.8 Å². The summed E-state index contributed by atoms with van der Waals surface area (Å²) >= 11 is 1.78. The molecule has 0 aliphatic heterocycles. The van der Waals surface area contributed by atoms with E-state index in [1.807, 2.05) is 0 Å². The van der Waals surface area contributed by atoms with Crippen molar-refractivity contribution in [2.45, 2.75) is 57.9 Å². The third kappa shape index (κ3) is 3.05. The molecule has 1 fully saturated rings. The molecule has 1 aromatic rings. The molecule has 1 aromatic heterocycles. The first kappa shape index (κ1) is 12.1. The molecular formula is C13H22N2S. The quantitative estimate of drug-likeness (QED) is 0.875. The monoisotopic (exact) mass is 238 g/mol. The second-order valence-electron chi connectivity index (χ2n) is 5.92. The molecule has 3 heteroatoms. The van der Waals surface area contributed by atoms with Crippen molar-refractivity contribution in [1.82, 2.24) is 4.98 Å². The van der Waals surface area contributed by atoms with Gasteiger partial charge in [-0.2, -0.15) is 0 Å². The number of nitrogens with two attached hydrogens (primary N) is 1. The Morgan fingerprint density at radius 1 is 1.50 bits per heavy atom. The van der Waals surface area contributed by atoms with Gasteiger partial charge in [0.05, 0.1) is 10.7 Å². The summed E-state index contributed by atoms with van der Waals surface area (Å²) in [6, 6.07) is 0.405. The van der Waals surface area contributed by atoms with Gasteiger partial charge in [-0.05, 0) is 25.2 Å². The van der Waals surface area contributed by atoms with Gasteiger partial charge in [0.2, 0.25) is 0 Å². The molecule has 0 saturated heterocycles. The molecule has 0 bridgehead atoms. The lowest BCUT2D eigenvalue weighted by Crippen LogP contribution is -2.22. The first-order valence-electron chi connectivity index (χ1n) is 6.17. The Kier molecular flexibility index (Phi) is 3.36. The molecule has 2 nitrogen and oxygen atoms in total. The SMILES string of the molecule is CC(C)(C)c1csc(CCC(N)C2CC2)n1. The molecule has 0 spiro atoms. The summed E-state index contributed by atoms with van der Waals surface area (Å²) in [5.74, 6) is 0.807. The smallest absolute Gasteiger partial charge is 0.0929 e. The molecule has 0 aromatic carbocycles. The van der Waals surface area contributed by atoms with Crippen molar-refractivity contribution < 1.29 is 0 Å². The maximum Gasteiger partial charge on any atom is 0.0929 e. The lowest BCUT2D eigenvalue weighted by atomic mass is 9.93. The van der Waals surface area contributed by atoms with Gasteiger partial charge < -0.3 is 5.73 Å². The normalized spacial score (nSPS) is 18.8. The highest BCUT2D eigenvalue weighted by atomic mass is 32.1. The van der Waals surface area contributed by atoms with Crippen molar-refractivity contribution in [3.8, 4) is 0 Å². The zero-order valence-corrected chi connectivity index (χ0v) is 11.3. The van der Waals surface area contributed by atoms with Crippen LogP contribution in [0.4, 0.5) is 0 Å². The van der Waals surface area contributed by atoms with Crippen LogP contribution in [0, 0.1) is 5.92 Å². The van der Waals surface area contributed by atoms with Crippen LogP contribution in [0.1, 0.15) is 50.7 Å². The summed E-state index contributed by atoms with van der Waals surface area (Å²) in [5, 5.41) is 3.44. The van der Waals surface area contributed by atoms with Crippen molar-refractivity contribution in [1.29, 1.82) is 0 Å². The topological polar surface area (TPSA) is 38.9 Å². The summed E-state index contributed by atoms with van der Waals surface area (Å²) in [5.41, 5.74) is 7.49. The van der Waals surface area contributed by atoms with Crippen molar-refractivity contribution in [2.24, 2.45) is 11.7 Å². The minimum Gasteiger partial charge on any atom is -0.327 e. The molecule has 1 saturated carbocycles. The standard InChI is InChI=1S/C13H22N2S/c1-13(2,3)11-8-16-12(15-11)7-6-10(14)9-4-5-9/h8-10H,4-7,14H2,1-3H3. The van der Waals surface area contributed by atoms with Crippen molar-refractivity contribution in [3.05, 3.63) is 16.1 Å². The number of thiazole rings is 1. The fourth-order valence-corrected chi connectivity index (χ4v) is 2.86. The Morgan fingerprint density at radius 2 is 2.19 bits per heavy atom. The van der Waals surface area contributed by atoms with Crippen LogP contribution in [-0.4, -0.2) is 11.0 Å². The van der Waals surface area contributed by atoms with E-state index in [1.54, 1.807) is 11.3 Å². The van der Waals surface area contributed by atoms with E-state index in [4.69, 9.17) is 10.7 Å². The van der Waals surface area contributed by atoms with Gasteiger partial charge in [-0.25, -0.2) is 4.98 Å². The van der Waals surface area contributed by atoms with E-state index < -0.39 is 0 Å². The van der Waals surface area contributed by atoms with Crippen LogP contribution in [0.3, 0.4) is 0 Å². The third-order valence-corrected chi connectivity index (χ3v) is 4.15. The second kappa shape index (κ2) is 4.46. The molecular weight excluding hydrogens is 216 g/mol. The number of rotatable bonds is 4. The lowest BCUT2D eigenvalue weighted by molar-refractivity contribution is 0.543. The highest BCUT2D eigenvalue weighted by Gasteiger charge is 2.28. The van der Waals surface area contributed by atoms with Crippen molar-refractivity contribution in [3.63, 3.8) is 0 Å². The van der Waals surface area contributed by atoms with E-state index in [9.17, 15) is 0 Å². The molecule has 1 unspecified atom stereocenters. The Morgan fingerprint density at radius 3 is 2.69 bits per heavy atom. The fraction of sp³-hybridized carbons (Fsp3) is 0.769. The molecule has 2 N–H and O–H groups in total. The number of nitrogens with zero attached hydrogens (tertiary/aromatic N) is 1. The zero-order valence-electron chi connectivity index (χ0n) is 10.5. The van der Waals surface area contributed by atoms with Gasteiger partial charge in [0.15, 0.2) is 0 Å². The fourth-order valence-electron chi connectivity index (χ4n) is 1.82. The maximum absolute atomic E-state index is 6.10. The van der Waals surface area contributed by atoms with Gasteiger partial charge in [-0.1, -0.05) is 20.8 Å². The van der Waals surface area contributed by atoms with Crippen LogP contribution < -0.4 is 5.73 Å². The van der Waals surface area contributed by atoms with E-state index in [0.29, 0.717) is 6.04 Å². The number of hydrogen-bond acceptors (Lipinski definition) is 3. The number of aryl methyl sites for hydroxylation is 1. The second-order valence-corrected chi connectivity index (χ2v) is 6.86. The van der Waals surface area contributed by atoms with Crippen LogP contribution in [0.25, 0.3) is 0 Å². The van der Waals surface area contributed by atoms with E-state index in [-0.39, 0.29) is 5.41 Å². The molecule has 2 rings (SSSR count). The van der Waals surface area contributed by atoms with Crippen molar-refractivity contribution in [2.75, 3.05) is 0 Å². The molecule has 1 aliphatic rings. The zero-order chi connectivity index (χ0) is 11.8. The van der Waals surface area contributed by atoms with Crippen molar-refractivity contribution >= 4 is 11.3 Å². The van der Waals surface area contributed by atoms with Crippen LogP contribution >= 0.6 is 11.3 Å². The predicted octanol–water partition coefficient (Wildman–Crippen LogP) is 3.11. The molecule has 0 amide bonds. The highest BCUT2D eigenvalue weighted by Crippen LogP contribution is 2.33. The number of aromatic nitrogens is 1. The Bertz CT molecular complexity index is 347. The van der Waals surface area contributed by atoms with Gasteiger partial charge in [-0.15, -0.1) is 11.3 Å². The van der Waals surface area contributed by atoms with Gasteiger partial charge in [0.25, 0.3) is 0 Å². The summed E-state index contributed by atoms with van der Waals surface area (Å²) in [6.45, 7) is 6.63. The molecule has 16 heavy (non-hydrogen) atoms. The Balaban J connectivity index is 1.87. The van der Waals surface area contributed by atoms with Gasteiger partial charge in [-0.3, -0.25) is 0 Å². The summed E-state index contributed by atoms with van der Waals surface area (Å²) in [6.07, 6.45) is 4.83. The molecule has 90 valence electrons. The van der Waals surface area contributed by atoms with Gasteiger partial charge in [0, 0.05) is 23.3 Å². The first-order chi connectivity index (χ1) is 7.47. The summed E-state index contributed by atoms with van der Waals surface area (Å²) < 4.78 is 0. The van der Waals surface area contributed by atoms with Crippen LogP contribution in [-0.2, 0) is 11.8 Å². The average Bonchev–Trinajstić information content (AvgIpc) is 2.92. The summed E-state index contributed by atoms with van der Waals surface area (Å²) in [4.78, 5) is 4.70. The molecule has 1 heterocycles. The predicted molar refractivity (Wildman–Crippen MR) is 69.8 cm³/mol. The highest BCUT2D eigenvalue weighted by molar-refractivity contribution is 7.09. The first-order valence-corrected chi connectivity index (χ1v) is 7.05. The molecule has 1 aliphatic carbocycles. The van der Waals surface area contributed by atoms with E-state index in [1.165, 1.54) is 23.5 Å². The van der Waals surface area contributed by atoms with Crippen LogP contribution in [0.5, 0.6) is 0 Å². The Labute approximate surface area is 102 Å². The van der Waals surface area contributed by atoms with Gasteiger partial charge >= 0.3 is 0 Å². The third-order valence-electron chi connectivity index (χ3n) is 3.24. The van der Waals surface area contributed by atoms with Gasteiger partial charge in [0.1, 0.15) is 0 Å². The molecule has 0 radical (unpaired) electrons. The molecule has 1 atom stereocenters. The van der Waals surface area contributed by atoms with Crippen LogP contribution in [0.2, 0.25) is 0 Å². The number of hydrogen-bond donors (Lipinski definition) is 1. The average molecular weight is 238 g/mol. The Hall–Kier alpha value is -0.410.